The van der Waals surface area contributed by atoms with Crippen molar-refractivity contribution in [1.82, 2.24) is 15.3 Å². The summed E-state index contributed by atoms with van der Waals surface area (Å²) >= 11 is 6.54. The van der Waals surface area contributed by atoms with Gasteiger partial charge in [0, 0.05) is 49.9 Å². The molecule has 1 saturated heterocycles. The zero-order valence-corrected chi connectivity index (χ0v) is 21.1. The molecule has 7 nitrogen and oxygen atoms in total. The first kappa shape index (κ1) is 25.8. The van der Waals surface area contributed by atoms with Crippen molar-refractivity contribution in [3.8, 4) is 17.3 Å². The Morgan fingerprint density at radius 1 is 1.20 bits per heavy atom. The first-order valence-electron chi connectivity index (χ1n) is 12.8. The van der Waals surface area contributed by atoms with Gasteiger partial charge in [0.2, 0.25) is 0 Å². The number of halogens is 1. The van der Waals surface area contributed by atoms with Crippen LogP contribution in [0.4, 0.5) is 5.82 Å². The van der Waals surface area contributed by atoms with Gasteiger partial charge >= 0.3 is 0 Å². The Morgan fingerprint density at radius 3 is 2.74 bits per heavy atom. The van der Waals surface area contributed by atoms with Gasteiger partial charge in [-0.1, -0.05) is 17.7 Å². The van der Waals surface area contributed by atoms with E-state index in [9.17, 15) is 5.26 Å². The van der Waals surface area contributed by atoms with Crippen molar-refractivity contribution in [2.24, 2.45) is 11.3 Å². The van der Waals surface area contributed by atoms with Gasteiger partial charge in [0.05, 0.1) is 22.2 Å². The lowest BCUT2D eigenvalue weighted by atomic mass is 9.82. The quantitative estimate of drug-likeness (QED) is 0.412. The molecular weight excluding hydrogens is 462 g/mol. The summed E-state index contributed by atoms with van der Waals surface area (Å²) in [5, 5.41) is 26.2. The number of hydrogen-bond donors (Lipinski definition) is 3. The van der Waals surface area contributed by atoms with E-state index < -0.39 is 5.41 Å². The molecule has 2 aromatic rings. The fraction of sp³-hybridized carbons (Fsp3) is 0.593. The molecule has 1 aliphatic heterocycles. The average molecular weight is 498 g/mol. The number of hydrogen-bond acceptors (Lipinski definition) is 7. The number of aromatic nitrogens is 2. The van der Waals surface area contributed by atoms with Gasteiger partial charge in [0.1, 0.15) is 5.82 Å². The van der Waals surface area contributed by atoms with E-state index in [0.29, 0.717) is 36.7 Å². The van der Waals surface area contributed by atoms with E-state index in [1.165, 1.54) is 25.7 Å². The second kappa shape index (κ2) is 12.6. The molecule has 4 rings (SSSR count). The first-order chi connectivity index (χ1) is 17.1. The highest BCUT2D eigenvalue weighted by molar-refractivity contribution is 6.33. The van der Waals surface area contributed by atoms with Crippen molar-refractivity contribution in [3.05, 3.63) is 41.2 Å². The van der Waals surface area contributed by atoms with Crippen molar-refractivity contribution in [1.29, 1.82) is 5.26 Å². The van der Waals surface area contributed by atoms with Gasteiger partial charge in [-0.15, -0.1) is 0 Å². The fourth-order valence-corrected chi connectivity index (χ4v) is 5.27. The first-order valence-corrected chi connectivity index (χ1v) is 13.2. The van der Waals surface area contributed by atoms with E-state index in [4.69, 9.17) is 26.4 Å². The summed E-state index contributed by atoms with van der Waals surface area (Å²) in [5.41, 5.74) is 2.33. The standard InChI is InChI=1S/C27H36ClN5O2/c28-24-17-31-22(15-20-5-7-21(8-6-20)30-11-2-12-34)16-23(24)25-3-1-4-26(33-25)32-19-27(18-29)9-13-35-14-10-27/h1,3-4,16-17,20-21,30,34H,2,5-15,19H2,(H,32,33). The molecule has 1 aliphatic carbocycles. The third kappa shape index (κ3) is 7.14. The molecular formula is C27H36ClN5O2. The molecule has 35 heavy (non-hydrogen) atoms. The van der Waals surface area contributed by atoms with Crippen LogP contribution in [0.25, 0.3) is 11.3 Å². The molecule has 0 amide bonds. The normalized spacial score (nSPS) is 21.9. The SMILES string of the molecule is N#CC1(CNc2cccc(-c3cc(CC4CCC(NCCCO)CC4)ncc3Cl)n2)CCOCC1. The number of nitrogens with one attached hydrogen (secondary N) is 2. The Kier molecular flexibility index (Phi) is 9.33. The van der Waals surface area contributed by atoms with E-state index in [2.05, 4.69) is 27.8 Å². The largest absolute Gasteiger partial charge is 0.396 e. The summed E-state index contributed by atoms with van der Waals surface area (Å²) in [6.45, 7) is 2.94. The molecule has 188 valence electrons. The molecule has 3 heterocycles. The van der Waals surface area contributed by atoms with Gasteiger partial charge in [-0.25, -0.2) is 4.98 Å². The summed E-state index contributed by atoms with van der Waals surface area (Å²) in [4.78, 5) is 9.41. The second-order valence-electron chi connectivity index (χ2n) is 9.87. The lowest BCUT2D eigenvalue weighted by molar-refractivity contribution is 0.0455. The lowest BCUT2D eigenvalue weighted by Crippen LogP contribution is -2.34. The highest BCUT2D eigenvalue weighted by Gasteiger charge is 2.32. The van der Waals surface area contributed by atoms with Gasteiger partial charge < -0.3 is 20.5 Å². The smallest absolute Gasteiger partial charge is 0.126 e. The zero-order chi connectivity index (χ0) is 24.5. The van der Waals surface area contributed by atoms with E-state index in [-0.39, 0.29) is 6.61 Å². The van der Waals surface area contributed by atoms with E-state index in [1.807, 2.05) is 18.2 Å². The number of pyridine rings is 2. The third-order valence-electron chi connectivity index (χ3n) is 7.34. The Hall–Kier alpha value is -2.24. The predicted molar refractivity (Wildman–Crippen MR) is 138 cm³/mol. The number of rotatable bonds is 10. The highest BCUT2D eigenvalue weighted by atomic mass is 35.5. The Bertz CT molecular complexity index is 997. The van der Waals surface area contributed by atoms with Crippen LogP contribution in [-0.2, 0) is 11.2 Å². The Balaban J connectivity index is 1.38. The number of nitrogens with zero attached hydrogens (tertiary/aromatic N) is 3. The molecule has 0 spiro atoms. The van der Waals surface area contributed by atoms with Crippen molar-refractivity contribution in [3.63, 3.8) is 0 Å². The molecule has 0 atom stereocenters. The number of aliphatic hydroxyl groups is 1. The summed E-state index contributed by atoms with van der Waals surface area (Å²) in [5.74, 6) is 1.36. The molecule has 1 saturated carbocycles. The fourth-order valence-electron chi connectivity index (χ4n) is 5.07. The number of aliphatic hydroxyl groups excluding tert-OH is 1. The van der Waals surface area contributed by atoms with Crippen LogP contribution in [0.3, 0.4) is 0 Å². The van der Waals surface area contributed by atoms with Crippen LogP contribution in [-0.4, -0.2) is 54.0 Å². The summed E-state index contributed by atoms with van der Waals surface area (Å²) in [7, 11) is 0. The highest BCUT2D eigenvalue weighted by Crippen LogP contribution is 2.32. The number of anilines is 1. The third-order valence-corrected chi connectivity index (χ3v) is 7.65. The summed E-state index contributed by atoms with van der Waals surface area (Å²) < 4.78 is 5.43. The molecule has 0 aromatic carbocycles. The Morgan fingerprint density at radius 2 is 2.00 bits per heavy atom. The van der Waals surface area contributed by atoms with Crippen LogP contribution in [0.15, 0.2) is 30.5 Å². The van der Waals surface area contributed by atoms with Crippen LogP contribution >= 0.6 is 11.6 Å². The van der Waals surface area contributed by atoms with Crippen molar-refractivity contribution >= 4 is 17.4 Å². The average Bonchev–Trinajstić information content (AvgIpc) is 2.90. The number of nitriles is 1. The van der Waals surface area contributed by atoms with Crippen LogP contribution in [0, 0.1) is 22.7 Å². The minimum Gasteiger partial charge on any atom is -0.396 e. The molecule has 0 radical (unpaired) electrons. The van der Waals surface area contributed by atoms with Crippen molar-refractivity contribution in [2.45, 2.75) is 57.4 Å². The topological polar surface area (TPSA) is 103 Å². The van der Waals surface area contributed by atoms with Gasteiger partial charge in [-0.3, -0.25) is 4.98 Å². The molecule has 2 fully saturated rings. The maximum atomic E-state index is 9.71. The van der Waals surface area contributed by atoms with Gasteiger partial charge in [-0.2, -0.15) is 5.26 Å². The molecule has 2 aromatic heterocycles. The zero-order valence-electron chi connectivity index (χ0n) is 20.3. The minimum absolute atomic E-state index is 0.247. The molecule has 3 N–H and O–H groups in total. The van der Waals surface area contributed by atoms with Crippen LogP contribution in [0.5, 0.6) is 0 Å². The maximum Gasteiger partial charge on any atom is 0.126 e. The van der Waals surface area contributed by atoms with Crippen molar-refractivity contribution in [2.75, 3.05) is 38.2 Å². The van der Waals surface area contributed by atoms with Crippen LogP contribution < -0.4 is 10.6 Å². The molecule has 2 aliphatic rings. The molecule has 0 bridgehead atoms. The minimum atomic E-state index is -0.412. The van der Waals surface area contributed by atoms with Crippen molar-refractivity contribution < 1.29 is 9.84 Å². The van der Waals surface area contributed by atoms with Crippen LogP contribution in [0.1, 0.15) is 50.6 Å². The van der Waals surface area contributed by atoms with Gasteiger partial charge in [0.15, 0.2) is 0 Å². The second-order valence-corrected chi connectivity index (χ2v) is 10.3. The van der Waals surface area contributed by atoms with E-state index in [0.717, 1.165) is 55.0 Å². The molecule has 0 unspecified atom stereocenters. The Labute approximate surface area is 213 Å². The van der Waals surface area contributed by atoms with Crippen LogP contribution in [0.2, 0.25) is 5.02 Å². The lowest BCUT2D eigenvalue weighted by Gasteiger charge is -2.30. The van der Waals surface area contributed by atoms with E-state index in [1.54, 1.807) is 6.20 Å². The molecule has 8 heteroatoms. The summed E-state index contributed by atoms with van der Waals surface area (Å²) in [6, 6.07) is 11.0. The predicted octanol–water partition coefficient (Wildman–Crippen LogP) is 4.60. The summed E-state index contributed by atoms with van der Waals surface area (Å²) in [6.07, 6.45) is 9.66. The van der Waals surface area contributed by atoms with Gasteiger partial charge in [-0.05, 0) is 82.0 Å². The van der Waals surface area contributed by atoms with E-state index >= 15 is 0 Å². The monoisotopic (exact) mass is 497 g/mol. The maximum absolute atomic E-state index is 9.71. The van der Waals surface area contributed by atoms with Gasteiger partial charge in [0.25, 0.3) is 0 Å². The number of ether oxygens (including phenoxy) is 1.